The van der Waals surface area contributed by atoms with Crippen molar-refractivity contribution in [2.75, 3.05) is 27.7 Å². The van der Waals surface area contributed by atoms with Crippen LogP contribution in [0.3, 0.4) is 0 Å². The fraction of sp³-hybridized carbons (Fsp3) is 0.235. The summed E-state index contributed by atoms with van der Waals surface area (Å²) in [7, 11) is -3.43. The molecule has 1 aliphatic heterocycles. The summed E-state index contributed by atoms with van der Waals surface area (Å²) in [5, 5.41) is 4.83. The van der Waals surface area contributed by atoms with E-state index in [-0.39, 0.29) is 5.69 Å². The highest BCUT2D eigenvalue weighted by atomic mass is 32.2. The summed E-state index contributed by atoms with van der Waals surface area (Å²) in [4.78, 5) is 12.1. The van der Waals surface area contributed by atoms with Crippen LogP contribution in [0.25, 0.3) is 0 Å². The largest absolute Gasteiger partial charge is 0.416 e. The number of halogens is 3. The summed E-state index contributed by atoms with van der Waals surface area (Å²) < 4.78 is 63.1. The second-order valence-electron chi connectivity index (χ2n) is 6.09. The molecule has 144 valence electrons. The van der Waals surface area contributed by atoms with Gasteiger partial charge in [0.1, 0.15) is 0 Å². The Morgan fingerprint density at radius 1 is 1.07 bits per heavy atom. The van der Waals surface area contributed by atoms with Gasteiger partial charge in [0, 0.05) is 17.9 Å². The summed E-state index contributed by atoms with van der Waals surface area (Å²) in [5.41, 5.74) is 0.760. The van der Waals surface area contributed by atoms with Gasteiger partial charge in [0.15, 0.2) is 0 Å². The normalized spacial score (nSPS) is 14.0. The van der Waals surface area contributed by atoms with Gasteiger partial charge in [-0.2, -0.15) is 13.2 Å². The predicted octanol–water partition coefficient (Wildman–Crippen LogP) is 3.67. The van der Waals surface area contributed by atoms with Crippen molar-refractivity contribution in [3.8, 4) is 0 Å². The molecule has 0 radical (unpaired) electrons. The van der Waals surface area contributed by atoms with Crippen LogP contribution in [0.1, 0.15) is 11.1 Å². The topological polar surface area (TPSA) is 78.5 Å². The number of hydrogen-bond acceptors (Lipinski definition) is 3. The number of alkyl halides is 3. The van der Waals surface area contributed by atoms with E-state index in [0.29, 0.717) is 24.3 Å². The van der Waals surface area contributed by atoms with Crippen molar-refractivity contribution < 1.29 is 26.4 Å². The average molecular weight is 399 g/mol. The van der Waals surface area contributed by atoms with Gasteiger partial charge in [-0.05, 0) is 42.3 Å². The lowest BCUT2D eigenvalue weighted by atomic mass is 10.1. The third kappa shape index (κ3) is 4.33. The quantitative estimate of drug-likeness (QED) is 0.827. The number of sulfonamides is 1. The molecule has 0 aromatic heterocycles. The first-order valence-electron chi connectivity index (χ1n) is 7.90. The number of fused-ring (bicyclic) bond motifs is 1. The van der Waals surface area contributed by atoms with Gasteiger partial charge in [0.2, 0.25) is 10.0 Å². The summed E-state index contributed by atoms with van der Waals surface area (Å²) in [6, 6.07) is 8.36. The molecule has 2 aromatic rings. The Morgan fingerprint density at radius 3 is 2.37 bits per heavy atom. The van der Waals surface area contributed by atoms with Crippen LogP contribution in [0.5, 0.6) is 0 Å². The van der Waals surface area contributed by atoms with Crippen LogP contribution < -0.4 is 14.9 Å². The third-order valence-electron chi connectivity index (χ3n) is 4.04. The first-order chi connectivity index (χ1) is 12.5. The lowest BCUT2D eigenvalue weighted by Crippen LogP contribution is -2.27. The molecule has 2 N–H and O–H groups in total. The number of nitrogens with one attached hydrogen (secondary N) is 2. The van der Waals surface area contributed by atoms with E-state index >= 15 is 0 Å². The number of amides is 2. The monoisotopic (exact) mass is 399 g/mol. The van der Waals surface area contributed by atoms with Crippen molar-refractivity contribution in [3.63, 3.8) is 0 Å². The molecular formula is C17H16F3N3O3S. The molecule has 27 heavy (non-hydrogen) atoms. The minimum atomic E-state index is -4.51. The molecule has 0 saturated heterocycles. The van der Waals surface area contributed by atoms with Crippen LogP contribution in [0, 0.1) is 0 Å². The van der Waals surface area contributed by atoms with Crippen molar-refractivity contribution in [1.82, 2.24) is 0 Å². The first-order valence-corrected chi connectivity index (χ1v) is 9.75. The smallest absolute Gasteiger partial charge is 0.308 e. The summed E-state index contributed by atoms with van der Waals surface area (Å²) in [6.07, 6.45) is -2.84. The van der Waals surface area contributed by atoms with Gasteiger partial charge in [-0.3, -0.25) is 4.31 Å². The molecule has 1 aliphatic rings. The van der Waals surface area contributed by atoms with Gasteiger partial charge in [0.25, 0.3) is 0 Å². The fourth-order valence-corrected chi connectivity index (χ4v) is 3.79. The highest BCUT2D eigenvalue weighted by Crippen LogP contribution is 2.33. The molecule has 0 aliphatic carbocycles. The highest BCUT2D eigenvalue weighted by molar-refractivity contribution is 7.92. The zero-order chi connectivity index (χ0) is 19.8. The maximum Gasteiger partial charge on any atom is 0.416 e. The third-order valence-corrected chi connectivity index (χ3v) is 5.22. The number of nitrogens with zero attached hydrogens (tertiary/aromatic N) is 1. The van der Waals surface area contributed by atoms with E-state index in [0.717, 1.165) is 24.0 Å². The van der Waals surface area contributed by atoms with E-state index < -0.39 is 27.8 Å². The predicted molar refractivity (Wildman–Crippen MR) is 96.4 cm³/mol. The van der Waals surface area contributed by atoms with E-state index in [1.165, 1.54) is 22.5 Å². The van der Waals surface area contributed by atoms with Gasteiger partial charge in [-0.25, -0.2) is 13.2 Å². The number of anilines is 3. The van der Waals surface area contributed by atoms with Gasteiger partial charge in [-0.1, -0.05) is 12.1 Å². The van der Waals surface area contributed by atoms with Crippen molar-refractivity contribution in [2.45, 2.75) is 12.6 Å². The SMILES string of the molecule is CS(=O)(=O)N1CCc2ccc(NC(=O)Nc3cccc(C(F)(F)F)c3)cc21. The van der Waals surface area contributed by atoms with Gasteiger partial charge in [0.05, 0.1) is 17.5 Å². The Kier molecular flexibility index (Phi) is 4.77. The molecule has 10 heteroatoms. The molecule has 2 amide bonds. The van der Waals surface area contributed by atoms with E-state index in [1.807, 2.05) is 0 Å². The van der Waals surface area contributed by atoms with Crippen molar-refractivity contribution in [1.29, 1.82) is 0 Å². The number of rotatable bonds is 3. The van der Waals surface area contributed by atoms with Gasteiger partial charge < -0.3 is 10.6 Å². The molecule has 6 nitrogen and oxygen atoms in total. The second-order valence-corrected chi connectivity index (χ2v) is 7.99. The van der Waals surface area contributed by atoms with Crippen LogP contribution in [-0.2, 0) is 22.6 Å². The van der Waals surface area contributed by atoms with Crippen molar-refractivity contribution >= 4 is 33.1 Å². The van der Waals surface area contributed by atoms with Crippen LogP contribution in [0.4, 0.5) is 35.0 Å². The van der Waals surface area contributed by atoms with E-state index in [1.54, 1.807) is 12.1 Å². The number of urea groups is 1. The summed E-state index contributed by atoms with van der Waals surface area (Å²) >= 11 is 0. The molecule has 3 rings (SSSR count). The highest BCUT2D eigenvalue weighted by Gasteiger charge is 2.30. The molecule has 2 aromatic carbocycles. The Hall–Kier alpha value is -2.75. The maximum absolute atomic E-state index is 12.7. The molecule has 1 heterocycles. The van der Waals surface area contributed by atoms with E-state index in [4.69, 9.17) is 0 Å². The standard InChI is InChI=1S/C17H16F3N3O3S/c1-27(25,26)23-8-7-11-5-6-14(10-15(11)23)22-16(24)21-13-4-2-3-12(9-13)17(18,19)20/h2-6,9-10H,7-8H2,1H3,(H2,21,22,24). The lowest BCUT2D eigenvalue weighted by Gasteiger charge is -2.17. The first kappa shape index (κ1) is 19.0. The Bertz CT molecular complexity index is 990. The van der Waals surface area contributed by atoms with Gasteiger partial charge >= 0.3 is 12.2 Å². The van der Waals surface area contributed by atoms with Crippen molar-refractivity contribution in [2.24, 2.45) is 0 Å². The Morgan fingerprint density at radius 2 is 1.74 bits per heavy atom. The molecule has 0 bridgehead atoms. The Labute approximate surface area is 154 Å². The average Bonchev–Trinajstić information content (AvgIpc) is 2.97. The van der Waals surface area contributed by atoms with Crippen LogP contribution in [0.15, 0.2) is 42.5 Å². The minimum Gasteiger partial charge on any atom is -0.308 e. The maximum atomic E-state index is 12.7. The molecule has 0 unspecified atom stereocenters. The fourth-order valence-electron chi connectivity index (χ4n) is 2.84. The molecule has 0 saturated carbocycles. The molecule has 0 atom stereocenters. The summed E-state index contributed by atoms with van der Waals surface area (Å²) in [5.74, 6) is 0. The molecule has 0 fully saturated rings. The summed E-state index contributed by atoms with van der Waals surface area (Å²) in [6.45, 7) is 0.327. The van der Waals surface area contributed by atoms with Crippen LogP contribution >= 0.6 is 0 Å². The van der Waals surface area contributed by atoms with Crippen molar-refractivity contribution in [3.05, 3.63) is 53.6 Å². The molecular weight excluding hydrogens is 383 g/mol. The van der Waals surface area contributed by atoms with Crippen LogP contribution in [-0.4, -0.2) is 27.2 Å². The number of carbonyl (C=O) groups excluding carboxylic acids is 1. The zero-order valence-electron chi connectivity index (χ0n) is 14.2. The second kappa shape index (κ2) is 6.76. The number of hydrogen-bond donors (Lipinski definition) is 2. The Balaban J connectivity index is 1.74. The zero-order valence-corrected chi connectivity index (χ0v) is 15.0. The lowest BCUT2D eigenvalue weighted by molar-refractivity contribution is -0.137. The van der Waals surface area contributed by atoms with Crippen LogP contribution in [0.2, 0.25) is 0 Å². The number of carbonyl (C=O) groups is 1. The van der Waals surface area contributed by atoms with E-state index in [9.17, 15) is 26.4 Å². The minimum absolute atomic E-state index is 0.0127. The number of benzene rings is 2. The van der Waals surface area contributed by atoms with Gasteiger partial charge in [-0.15, -0.1) is 0 Å². The van der Waals surface area contributed by atoms with E-state index in [2.05, 4.69) is 10.6 Å². The molecule has 0 spiro atoms.